The molecule has 0 fully saturated rings. The topological polar surface area (TPSA) is 49.3 Å². The normalized spacial score (nSPS) is 12.0. The SMILES string of the molecule is CCCCCC=CCC=CCC=CCC=CCCCNC(=O)c1ccc(O)cc1. The molecule has 29 heavy (non-hydrogen) atoms. The number of phenols is 1. The molecule has 0 heterocycles. The Kier molecular flexibility index (Phi) is 14.8. The van der Waals surface area contributed by atoms with Crippen molar-refractivity contribution in [2.75, 3.05) is 6.54 Å². The van der Waals surface area contributed by atoms with Gasteiger partial charge in [-0.1, -0.05) is 68.4 Å². The first-order valence-corrected chi connectivity index (χ1v) is 10.9. The van der Waals surface area contributed by atoms with Crippen LogP contribution in [0.2, 0.25) is 0 Å². The van der Waals surface area contributed by atoms with Crippen LogP contribution in [0.25, 0.3) is 0 Å². The minimum Gasteiger partial charge on any atom is -0.508 e. The Balaban J connectivity index is 1.97. The van der Waals surface area contributed by atoms with Gasteiger partial charge in [-0.2, -0.15) is 0 Å². The number of carbonyl (C=O) groups excluding carboxylic acids is 1. The van der Waals surface area contributed by atoms with Crippen molar-refractivity contribution in [1.82, 2.24) is 5.32 Å². The molecule has 158 valence electrons. The number of phenolic OH excluding ortho intramolecular Hbond substituents is 1. The fourth-order valence-electron chi connectivity index (χ4n) is 2.70. The highest BCUT2D eigenvalue weighted by Gasteiger charge is 2.03. The van der Waals surface area contributed by atoms with Crippen molar-refractivity contribution < 1.29 is 9.90 Å². The maximum atomic E-state index is 11.9. The second-order valence-corrected chi connectivity index (χ2v) is 7.03. The molecule has 3 heteroatoms. The van der Waals surface area contributed by atoms with E-state index in [2.05, 4.69) is 60.8 Å². The number of carbonyl (C=O) groups is 1. The lowest BCUT2D eigenvalue weighted by atomic mass is 10.2. The van der Waals surface area contributed by atoms with Gasteiger partial charge in [-0.15, -0.1) is 0 Å². The second-order valence-electron chi connectivity index (χ2n) is 7.03. The quantitative estimate of drug-likeness (QED) is 0.251. The summed E-state index contributed by atoms with van der Waals surface area (Å²) in [5, 5.41) is 12.1. The number of rotatable bonds is 15. The smallest absolute Gasteiger partial charge is 0.251 e. The average Bonchev–Trinajstić information content (AvgIpc) is 2.73. The monoisotopic (exact) mass is 395 g/mol. The molecule has 0 saturated carbocycles. The molecule has 1 amide bonds. The molecule has 0 unspecified atom stereocenters. The molecule has 0 bridgehead atoms. The predicted molar refractivity (Wildman–Crippen MR) is 124 cm³/mol. The highest BCUT2D eigenvalue weighted by molar-refractivity contribution is 5.94. The first kappa shape index (κ1) is 24.5. The summed E-state index contributed by atoms with van der Waals surface area (Å²) in [4.78, 5) is 11.9. The zero-order chi connectivity index (χ0) is 21.0. The maximum Gasteiger partial charge on any atom is 0.251 e. The Bertz CT molecular complexity index is 654. The third-order valence-corrected chi connectivity index (χ3v) is 4.42. The van der Waals surface area contributed by atoms with E-state index in [9.17, 15) is 9.90 Å². The third-order valence-electron chi connectivity index (χ3n) is 4.42. The van der Waals surface area contributed by atoms with E-state index in [0.29, 0.717) is 12.1 Å². The van der Waals surface area contributed by atoms with Gasteiger partial charge < -0.3 is 10.4 Å². The number of unbranched alkanes of at least 4 members (excludes halogenated alkanes) is 4. The minimum absolute atomic E-state index is 0.100. The predicted octanol–water partition coefficient (Wildman–Crippen LogP) is 6.88. The summed E-state index contributed by atoms with van der Waals surface area (Å²) in [6, 6.07) is 6.29. The van der Waals surface area contributed by atoms with Gasteiger partial charge in [0.15, 0.2) is 0 Å². The van der Waals surface area contributed by atoms with Crippen molar-refractivity contribution in [3.05, 3.63) is 78.4 Å². The number of aromatic hydroxyl groups is 1. The molecule has 0 radical (unpaired) electrons. The van der Waals surface area contributed by atoms with Crippen LogP contribution < -0.4 is 5.32 Å². The lowest BCUT2D eigenvalue weighted by Gasteiger charge is -2.04. The van der Waals surface area contributed by atoms with Gasteiger partial charge in [0.05, 0.1) is 0 Å². The molecule has 1 aromatic rings. The molecule has 3 nitrogen and oxygen atoms in total. The summed E-state index contributed by atoms with van der Waals surface area (Å²) < 4.78 is 0. The number of allylic oxidation sites excluding steroid dienone is 8. The molecule has 0 aliphatic heterocycles. The van der Waals surface area contributed by atoms with E-state index in [1.807, 2.05) is 0 Å². The molecule has 1 rings (SSSR count). The second kappa shape index (κ2) is 17.5. The number of benzene rings is 1. The fourth-order valence-corrected chi connectivity index (χ4v) is 2.70. The minimum atomic E-state index is -0.100. The molecule has 0 spiro atoms. The van der Waals surface area contributed by atoms with Crippen molar-refractivity contribution in [2.24, 2.45) is 0 Å². The van der Waals surface area contributed by atoms with Gasteiger partial charge in [0.2, 0.25) is 0 Å². The molecular weight excluding hydrogens is 358 g/mol. The Hall–Kier alpha value is -2.55. The van der Waals surface area contributed by atoms with Gasteiger partial charge in [0.1, 0.15) is 5.75 Å². The van der Waals surface area contributed by atoms with E-state index in [4.69, 9.17) is 0 Å². The van der Waals surface area contributed by atoms with Crippen LogP contribution in [0.1, 0.15) is 75.1 Å². The van der Waals surface area contributed by atoms with Crippen LogP contribution >= 0.6 is 0 Å². The number of amides is 1. The van der Waals surface area contributed by atoms with Crippen LogP contribution in [-0.4, -0.2) is 17.6 Å². The van der Waals surface area contributed by atoms with Crippen molar-refractivity contribution in [1.29, 1.82) is 0 Å². The maximum absolute atomic E-state index is 11.9. The van der Waals surface area contributed by atoms with Crippen molar-refractivity contribution >= 4 is 5.91 Å². The van der Waals surface area contributed by atoms with Gasteiger partial charge in [0, 0.05) is 12.1 Å². The van der Waals surface area contributed by atoms with Gasteiger partial charge in [-0.25, -0.2) is 0 Å². The zero-order valence-corrected chi connectivity index (χ0v) is 17.9. The summed E-state index contributed by atoms with van der Waals surface area (Å²) in [6.07, 6.45) is 27.7. The standard InChI is InChI=1S/C26H37NO2/c1-2-3-4-5-6-7-8-9-10-11-12-13-14-15-16-17-18-23-27-26(29)24-19-21-25(28)22-20-24/h6-7,9-10,12-13,15-16,19-22,28H,2-5,8,11,14,17-18,23H2,1H3,(H,27,29). The van der Waals surface area contributed by atoms with E-state index in [1.54, 1.807) is 12.1 Å². The van der Waals surface area contributed by atoms with Crippen LogP contribution in [0.15, 0.2) is 72.9 Å². The number of hydrogen-bond acceptors (Lipinski definition) is 2. The van der Waals surface area contributed by atoms with Gasteiger partial charge in [-0.05, 0) is 69.2 Å². The van der Waals surface area contributed by atoms with E-state index >= 15 is 0 Å². The van der Waals surface area contributed by atoms with Crippen molar-refractivity contribution in [3.63, 3.8) is 0 Å². The molecule has 0 aliphatic carbocycles. The highest BCUT2D eigenvalue weighted by atomic mass is 16.3. The van der Waals surface area contributed by atoms with Gasteiger partial charge >= 0.3 is 0 Å². The van der Waals surface area contributed by atoms with E-state index in [1.165, 1.54) is 37.8 Å². The number of nitrogens with one attached hydrogen (secondary N) is 1. The largest absolute Gasteiger partial charge is 0.508 e. The van der Waals surface area contributed by atoms with Crippen molar-refractivity contribution in [2.45, 2.75) is 64.7 Å². The van der Waals surface area contributed by atoms with Gasteiger partial charge in [-0.3, -0.25) is 4.79 Å². The Morgan fingerprint density at radius 2 is 1.31 bits per heavy atom. The summed E-state index contributed by atoms with van der Waals surface area (Å²) >= 11 is 0. The molecule has 1 aromatic carbocycles. The zero-order valence-electron chi connectivity index (χ0n) is 17.9. The fraction of sp³-hybridized carbons (Fsp3) is 0.423. The van der Waals surface area contributed by atoms with Gasteiger partial charge in [0.25, 0.3) is 5.91 Å². The Morgan fingerprint density at radius 3 is 1.86 bits per heavy atom. The first-order valence-electron chi connectivity index (χ1n) is 10.9. The Morgan fingerprint density at radius 1 is 0.793 bits per heavy atom. The van der Waals surface area contributed by atoms with E-state index in [-0.39, 0.29) is 11.7 Å². The third kappa shape index (κ3) is 14.1. The van der Waals surface area contributed by atoms with Crippen LogP contribution in [0.5, 0.6) is 5.75 Å². The highest BCUT2D eigenvalue weighted by Crippen LogP contribution is 2.09. The summed E-state index contributed by atoms with van der Waals surface area (Å²) in [7, 11) is 0. The molecule has 0 aliphatic rings. The molecule has 2 N–H and O–H groups in total. The van der Waals surface area contributed by atoms with E-state index in [0.717, 1.165) is 32.1 Å². The summed E-state index contributed by atoms with van der Waals surface area (Å²) in [5.41, 5.74) is 0.570. The molecule has 0 atom stereocenters. The van der Waals surface area contributed by atoms with Crippen LogP contribution in [0, 0.1) is 0 Å². The average molecular weight is 396 g/mol. The molecular formula is C26H37NO2. The lowest BCUT2D eigenvalue weighted by molar-refractivity contribution is 0.0953. The van der Waals surface area contributed by atoms with E-state index < -0.39 is 0 Å². The van der Waals surface area contributed by atoms with Crippen LogP contribution in [0.3, 0.4) is 0 Å². The molecule has 0 aromatic heterocycles. The van der Waals surface area contributed by atoms with Crippen molar-refractivity contribution in [3.8, 4) is 5.75 Å². The van der Waals surface area contributed by atoms with Crippen LogP contribution in [0.4, 0.5) is 0 Å². The summed E-state index contributed by atoms with van der Waals surface area (Å²) in [5.74, 6) is 0.0685. The molecule has 0 saturated heterocycles. The lowest BCUT2D eigenvalue weighted by Crippen LogP contribution is -2.24. The number of hydrogen-bond donors (Lipinski definition) is 2. The summed E-state index contributed by atoms with van der Waals surface area (Å²) in [6.45, 7) is 2.89. The first-order chi connectivity index (χ1) is 14.2. The Labute approximate surface area is 176 Å². The van der Waals surface area contributed by atoms with Crippen LogP contribution in [-0.2, 0) is 0 Å².